The Labute approximate surface area is 135 Å². The zero-order chi connectivity index (χ0) is 15.1. The number of rotatable bonds is 1. The van der Waals surface area contributed by atoms with Gasteiger partial charge < -0.3 is 5.73 Å². The lowest BCUT2D eigenvalue weighted by atomic mass is 10.3. The Hall–Kier alpha value is -1.22. The standard InChI is InChI=1S/C7H3Cl2NO.C6H5Cl2N/c8-5-1-6(9)3-7(2-5)10-4-11;7-4-1-5(8)3-6(9)2-4/h1-3H;1-3H,9H2. The van der Waals surface area contributed by atoms with Gasteiger partial charge in [0.2, 0.25) is 6.08 Å². The fourth-order valence-electron chi connectivity index (χ4n) is 1.23. The number of carbonyl (C=O) groups excluding carboxylic acids is 1. The van der Waals surface area contributed by atoms with Crippen LogP contribution in [-0.4, -0.2) is 6.08 Å². The third-order valence-electron chi connectivity index (χ3n) is 1.91. The molecule has 0 saturated heterocycles. The number of anilines is 1. The maximum absolute atomic E-state index is 9.82. The highest BCUT2D eigenvalue weighted by atomic mass is 35.5. The van der Waals surface area contributed by atoms with Crippen LogP contribution in [0.15, 0.2) is 41.4 Å². The Balaban J connectivity index is 0.000000204. The van der Waals surface area contributed by atoms with Gasteiger partial charge in [-0.1, -0.05) is 46.4 Å². The van der Waals surface area contributed by atoms with Crippen molar-refractivity contribution < 1.29 is 4.79 Å². The largest absolute Gasteiger partial charge is 0.399 e. The molecule has 104 valence electrons. The van der Waals surface area contributed by atoms with Gasteiger partial charge in [0.1, 0.15) is 0 Å². The van der Waals surface area contributed by atoms with Crippen LogP contribution in [0.5, 0.6) is 0 Å². The van der Waals surface area contributed by atoms with Gasteiger partial charge in [-0.05, 0) is 36.4 Å². The maximum atomic E-state index is 9.82. The first kappa shape index (κ1) is 16.8. The summed E-state index contributed by atoms with van der Waals surface area (Å²) in [4.78, 5) is 13.2. The third kappa shape index (κ3) is 6.29. The zero-order valence-corrected chi connectivity index (χ0v) is 12.9. The topological polar surface area (TPSA) is 55.5 Å². The van der Waals surface area contributed by atoms with E-state index in [1.807, 2.05) is 0 Å². The number of nitrogens with zero attached hydrogens (tertiary/aromatic N) is 1. The molecule has 0 bridgehead atoms. The summed E-state index contributed by atoms with van der Waals surface area (Å²) >= 11 is 22.4. The molecule has 0 saturated carbocycles. The second kappa shape index (κ2) is 8.15. The second-order valence-corrected chi connectivity index (χ2v) is 5.28. The maximum Gasteiger partial charge on any atom is 0.240 e. The molecule has 0 fully saturated rings. The third-order valence-corrected chi connectivity index (χ3v) is 2.78. The molecule has 0 spiro atoms. The van der Waals surface area contributed by atoms with Crippen molar-refractivity contribution in [3.63, 3.8) is 0 Å². The highest BCUT2D eigenvalue weighted by Crippen LogP contribution is 2.23. The van der Waals surface area contributed by atoms with Crippen LogP contribution in [0.4, 0.5) is 11.4 Å². The zero-order valence-electron chi connectivity index (χ0n) is 9.91. The summed E-state index contributed by atoms with van der Waals surface area (Å²) < 4.78 is 0. The predicted molar refractivity (Wildman–Crippen MR) is 85.1 cm³/mol. The highest BCUT2D eigenvalue weighted by molar-refractivity contribution is 6.35. The molecule has 20 heavy (non-hydrogen) atoms. The number of isocyanates is 1. The van der Waals surface area contributed by atoms with Gasteiger partial charge in [0.25, 0.3) is 0 Å². The Morgan fingerprint density at radius 2 is 1.20 bits per heavy atom. The van der Waals surface area contributed by atoms with E-state index < -0.39 is 0 Å². The van der Waals surface area contributed by atoms with Crippen molar-refractivity contribution in [2.45, 2.75) is 0 Å². The minimum atomic E-state index is 0.414. The lowest BCUT2D eigenvalue weighted by Gasteiger charge is -1.93. The van der Waals surface area contributed by atoms with Crippen LogP contribution in [-0.2, 0) is 4.79 Å². The molecule has 0 heterocycles. The SMILES string of the molecule is Nc1cc(Cl)cc(Cl)c1.O=C=Nc1cc(Cl)cc(Cl)c1. The minimum Gasteiger partial charge on any atom is -0.399 e. The molecule has 2 rings (SSSR count). The Morgan fingerprint density at radius 3 is 1.55 bits per heavy atom. The van der Waals surface area contributed by atoms with Gasteiger partial charge in [-0.25, -0.2) is 4.79 Å². The summed E-state index contributed by atoms with van der Waals surface area (Å²) in [6, 6.07) is 9.55. The molecule has 7 heteroatoms. The van der Waals surface area contributed by atoms with E-state index in [-0.39, 0.29) is 0 Å². The molecule has 2 aromatic carbocycles. The van der Waals surface area contributed by atoms with Crippen LogP contribution >= 0.6 is 46.4 Å². The summed E-state index contributed by atoms with van der Waals surface area (Å²) in [5, 5.41) is 2.04. The fraction of sp³-hybridized carbons (Fsp3) is 0. The Morgan fingerprint density at radius 1 is 0.800 bits per heavy atom. The summed E-state index contributed by atoms with van der Waals surface area (Å²) in [5.41, 5.74) is 6.40. The van der Waals surface area contributed by atoms with Crippen molar-refractivity contribution in [3.05, 3.63) is 56.5 Å². The van der Waals surface area contributed by atoms with Gasteiger partial charge in [-0.3, -0.25) is 0 Å². The molecule has 0 aromatic heterocycles. The highest BCUT2D eigenvalue weighted by Gasteiger charge is 1.95. The molecule has 0 amide bonds. The van der Waals surface area contributed by atoms with E-state index in [0.29, 0.717) is 31.5 Å². The van der Waals surface area contributed by atoms with Crippen molar-refractivity contribution >= 4 is 63.9 Å². The minimum absolute atomic E-state index is 0.414. The van der Waals surface area contributed by atoms with E-state index in [1.54, 1.807) is 24.3 Å². The van der Waals surface area contributed by atoms with Gasteiger partial charge in [0.15, 0.2) is 0 Å². The van der Waals surface area contributed by atoms with E-state index in [0.717, 1.165) is 0 Å². The molecule has 0 atom stereocenters. The summed E-state index contributed by atoms with van der Waals surface area (Å²) in [6.07, 6.45) is 1.40. The number of benzene rings is 2. The van der Waals surface area contributed by atoms with E-state index >= 15 is 0 Å². The lowest BCUT2D eigenvalue weighted by molar-refractivity contribution is 0.565. The van der Waals surface area contributed by atoms with Crippen molar-refractivity contribution in [2.24, 2.45) is 4.99 Å². The van der Waals surface area contributed by atoms with Crippen LogP contribution in [0.3, 0.4) is 0 Å². The fourth-order valence-corrected chi connectivity index (χ4v) is 2.29. The molecular formula is C13H8Cl4N2O. The first-order valence-electron chi connectivity index (χ1n) is 5.16. The van der Waals surface area contributed by atoms with Gasteiger partial charge in [-0.2, -0.15) is 4.99 Å². The quantitative estimate of drug-likeness (QED) is 0.417. The first-order valence-corrected chi connectivity index (χ1v) is 6.67. The molecule has 0 aliphatic rings. The monoisotopic (exact) mass is 348 g/mol. The van der Waals surface area contributed by atoms with E-state index in [4.69, 9.17) is 52.1 Å². The van der Waals surface area contributed by atoms with Crippen LogP contribution in [0.2, 0.25) is 20.1 Å². The average Bonchev–Trinajstić information content (AvgIpc) is 2.26. The molecule has 0 unspecified atom stereocenters. The van der Waals surface area contributed by atoms with Crippen molar-refractivity contribution in [2.75, 3.05) is 5.73 Å². The van der Waals surface area contributed by atoms with Crippen LogP contribution in [0.25, 0.3) is 0 Å². The molecular weight excluding hydrogens is 342 g/mol. The Bertz CT molecular complexity index is 584. The molecule has 0 aliphatic heterocycles. The summed E-state index contributed by atoms with van der Waals surface area (Å²) in [6.45, 7) is 0. The van der Waals surface area contributed by atoms with Gasteiger partial charge in [0, 0.05) is 25.8 Å². The predicted octanol–water partition coefficient (Wildman–Crippen LogP) is 5.54. The molecule has 0 aliphatic carbocycles. The molecule has 0 radical (unpaired) electrons. The first-order chi connectivity index (χ1) is 9.40. The van der Waals surface area contributed by atoms with Crippen molar-refractivity contribution in [3.8, 4) is 0 Å². The Kier molecular flexibility index (Phi) is 6.86. The van der Waals surface area contributed by atoms with Crippen LogP contribution in [0.1, 0.15) is 0 Å². The van der Waals surface area contributed by atoms with Gasteiger partial charge >= 0.3 is 0 Å². The number of hydrogen-bond donors (Lipinski definition) is 1. The van der Waals surface area contributed by atoms with Crippen molar-refractivity contribution in [1.82, 2.24) is 0 Å². The van der Waals surface area contributed by atoms with E-state index in [1.165, 1.54) is 18.2 Å². The lowest BCUT2D eigenvalue weighted by Crippen LogP contribution is -1.82. The smallest absolute Gasteiger partial charge is 0.240 e. The van der Waals surface area contributed by atoms with Crippen LogP contribution < -0.4 is 5.73 Å². The van der Waals surface area contributed by atoms with E-state index in [2.05, 4.69) is 4.99 Å². The number of hydrogen-bond acceptors (Lipinski definition) is 3. The summed E-state index contributed by atoms with van der Waals surface area (Å²) in [7, 11) is 0. The molecule has 3 nitrogen and oxygen atoms in total. The number of nitrogen functional groups attached to an aromatic ring is 1. The van der Waals surface area contributed by atoms with Gasteiger partial charge in [0.05, 0.1) is 5.69 Å². The van der Waals surface area contributed by atoms with Crippen LogP contribution in [0, 0.1) is 0 Å². The van der Waals surface area contributed by atoms with Gasteiger partial charge in [-0.15, -0.1) is 0 Å². The second-order valence-electron chi connectivity index (χ2n) is 3.53. The van der Waals surface area contributed by atoms with E-state index in [9.17, 15) is 4.79 Å². The number of nitrogens with two attached hydrogens (primary N) is 1. The number of halogens is 4. The normalized spacial score (nSPS) is 9.20. The summed E-state index contributed by atoms with van der Waals surface area (Å²) in [5.74, 6) is 0. The number of aliphatic imine (C=N–C) groups is 1. The van der Waals surface area contributed by atoms with Crippen molar-refractivity contribution in [1.29, 1.82) is 0 Å². The molecule has 2 N–H and O–H groups in total. The average molecular weight is 350 g/mol. The molecule has 2 aromatic rings.